The number of aromatic nitrogens is 3. The van der Waals surface area contributed by atoms with E-state index in [2.05, 4.69) is 21.6 Å². The Morgan fingerprint density at radius 2 is 2.12 bits per heavy atom. The molecule has 8 heteroatoms. The summed E-state index contributed by atoms with van der Waals surface area (Å²) in [6.45, 7) is 5.94. The summed E-state index contributed by atoms with van der Waals surface area (Å²) >= 11 is 1.17. The van der Waals surface area contributed by atoms with E-state index in [1.165, 1.54) is 16.3 Å². The molecule has 0 spiro atoms. The third-order valence-electron chi connectivity index (χ3n) is 4.31. The summed E-state index contributed by atoms with van der Waals surface area (Å²) in [5, 5.41) is 18.9. The maximum atomic E-state index is 12.2. The molecular weight excluding hydrogens is 350 g/mol. The number of aryl methyl sites for hydroxylation is 1. The summed E-state index contributed by atoms with van der Waals surface area (Å²) in [4.78, 5) is 24.1. The minimum Gasteiger partial charge on any atom is -0.337 e. The molecule has 1 heterocycles. The fourth-order valence-electron chi connectivity index (χ4n) is 2.25. The van der Waals surface area contributed by atoms with Crippen LogP contribution < -0.4 is 11.0 Å². The molecule has 0 aliphatic heterocycles. The number of carbonyl (C=O) groups is 1. The molecule has 0 fully saturated rings. The maximum Gasteiger partial charge on any atom is 0.343 e. The zero-order valence-electron chi connectivity index (χ0n) is 15.2. The molecule has 1 atom stereocenters. The molecule has 1 aromatic heterocycles. The van der Waals surface area contributed by atoms with Gasteiger partial charge in [0.25, 0.3) is 0 Å². The fourth-order valence-corrected chi connectivity index (χ4v) is 3.03. The second-order valence-electron chi connectivity index (χ2n) is 6.50. The van der Waals surface area contributed by atoms with Gasteiger partial charge in [-0.15, -0.1) is 5.10 Å². The van der Waals surface area contributed by atoms with Crippen LogP contribution in [0.2, 0.25) is 0 Å². The molecule has 1 aromatic carbocycles. The SMILES string of the molecule is CC(C)[C@@](C)(C#N)NC(=O)CSc1n[nH]c(=O)n1CCc1ccccc1. The number of nitrogens with zero attached hydrogens (tertiary/aromatic N) is 3. The van der Waals surface area contributed by atoms with Gasteiger partial charge in [-0.3, -0.25) is 9.36 Å². The Bertz CT molecular complexity index is 837. The van der Waals surface area contributed by atoms with Crippen LogP contribution in [0.15, 0.2) is 40.3 Å². The van der Waals surface area contributed by atoms with Gasteiger partial charge in [-0.25, -0.2) is 9.89 Å². The number of hydrogen-bond acceptors (Lipinski definition) is 5. The van der Waals surface area contributed by atoms with E-state index < -0.39 is 5.54 Å². The number of hydrogen-bond donors (Lipinski definition) is 2. The Balaban J connectivity index is 1.97. The second-order valence-corrected chi connectivity index (χ2v) is 7.45. The Hall–Kier alpha value is -2.53. The molecule has 0 saturated heterocycles. The Labute approximate surface area is 156 Å². The molecule has 0 bridgehead atoms. The summed E-state index contributed by atoms with van der Waals surface area (Å²) in [5.41, 5.74) is -0.0974. The first-order valence-corrected chi connectivity index (χ1v) is 9.38. The molecule has 0 radical (unpaired) electrons. The molecule has 2 aromatic rings. The minimum atomic E-state index is -0.920. The summed E-state index contributed by atoms with van der Waals surface area (Å²) in [5.74, 6) is -0.201. The number of amides is 1. The third-order valence-corrected chi connectivity index (χ3v) is 5.28. The maximum absolute atomic E-state index is 12.2. The highest BCUT2D eigenvalue weighted by molar-refractivity contribution is 7.99. The smallest absolute Gasteiger partial charge is 0.337 e. The van der Waals surface area contributed by atoms with E-state index in [0.29, 0.717) is 18.1 Å². The van der Waals surface area contributed by atoms with Crippen molar-refractivity contribution < 1.29 is 4.79 Å². The molecule has 7 nitrogen and oxygen atoms in total. The first-order chi connectivity index (χ1) is 12.4. The number of aromatic amines is 1. The van der Waals surface area contributed by atoms with Gasteiger partial charge in [-0.05, 0) is 24.8 Å². The van der Waals surface area contributed by atoms with Crippen LogP contribution in [0.3, 0.4) is 0 Å². The molecule has 0 aliphatic carbocycles. The zero-order valence-corrected chi connectivity index (χ0v) is 16.0. The topological polar surface area (TPSA) is 104 Å². The Morgan fingerprint density at radius 1 is 1.42 bits per heavy atom. The molecule has 0 aliphatic rings. The van der Waals surface area contributed by atoms with Crippen LogP contribution in [0, 0.1) is 17.2 Å². The lowest BCUT2D eigenvalue weighted by atomic mass is 9.90. The van der Waals surface area contributed by atoms with Crippen molar-refractivity contribution in [1.82, 2.24) is 20.1 Å². The number of rotatable bonds is 8. The molecule has 0 unspecified atom stereocenters. The van der Waals surface area contributed by atoms with Crippen molar-refractivity contribution >= 4 is 17.7 Å². The predicted molar refractivity (Wildman–Crippen MR) is 101 cm³/mol. The van der Waals surface area contributed by atoms with E-state index >= 15 is 0 Å². The van der Waals surface area contributed by atoms with E-state index in [0.717, 1.165) is 5.56 Å². The summed E-state index contributed by atoms with van der Waals surface area (Å²) in [7, 11) is 0. The van der Waals surface area contributed by atoms with Gasteiger partial charge in [0.05, 0.1) is 11.8 Å². The van der Waals surface area contributed by atoms with Crippen LogP contribution in [0.25, 0.3) is 0 Å². The number of benzene rings is 1. The fraction of sp³-hybridized carbons (Fsp3) is 0.444. The van der Waals surface area contributed by atoms with Crippen molar-refractivity contribution in [2.45, 2.75) is 44.4 Å². The standard InChI is InChI=1S/C18H23N5O2S/c1-13(2)18(3,12-19)20-15(24)11-26-17-22-21-16(25)23(17)10-9-14-7-5-4-6-8-14/h4-8,13H,9-11H2,1-3H3,(H,20,24)(H,21,25)/t18-/m1/s1. The Kier molecular flexibility index (Phi) is 6.64. The molecule has 0 saturated carbocycles. The van der Waals surface area contributed by atoms with E-state index in [1.54, 1.807) is 6.92 Å². The van der Waals surface area contributed by atoms with Crippen LogP contribution >= 0.6 is 11.8 Å². The van der Waals surface area contributed by atoms with Crippen LogP contribution in [-0.2, 0) is 17.8 Å². The van der Waals surface area contributed by atoms with Crippen LogP contribution in [-0.4, -0.2) is 32.0 Å². The van der Waals surface area contributed by atoms with Crippen molar-refractivity contribution in [2.75, 3.05) is 5.75 Å². The average Bonchev–Trinajstić information content (AvgIpc) is 2.98. The number of nitriles is 1. The van der Waals surface area contributed by atoms with Crippen LogP contribution in [0.4, 0.5) is 0 Å². The van der Waals surface area contributed by atoms with Gasteiger partial charge in [-0.2, -0.15) is 5.26 Å². The second kappa shape index (κ2) is 8.72. The number of H-pyrrole nitrogens is 1. The number of carbonyl (C=O) groups excluding carboxylic acids is 1. The van der Waals surface area contributed by atoms with E-state index in [9.17, 15) is 14.9 Å². The first kappa shape index (κ1) is 19.8. The number of nitrogens with one attached hydrogen (secondary N) is 2. The lowest BCUT2D eigenvalue weighted by Gasteiger charge is -2.27. The highest BCUT2D eigenvalue weighted by Crippen LogP contribution is 2.17. The van der Waals surface area contributed by atoms with Crippen molar-refractivity contribution in [2.24, 2.45) is 5.92 Å². The monoisotopic (exact) mass is 373 g/mol. The molecule has 26 heavy (non-hydrogen) atoms. The molecule has 138 valence electrons. The van der Waals surface area contributed by atoms with Crippen molar-refractivity contribution in [3.8, 4) is 6.07 Å². The first-order valence-electron chi connectivity index (χ1n) is 8.40. The van der Waals surface area contributed by atoms with Gasteiger partial charge in [0.15, 0.2) is 5.16 Å². The zero-order chi connectivity index (χ0) is 19.2. The van der Waals surface area contributed by atoms with Gasteiger partial charge >= 0.3 is 5.69 Å². The normalized spacial score (nSPS) is 13.2. The van der Waals surface area contributed by atoms with Crippen LogP contribution in [0.1, 0.15) is 26.3 Å². The highest BCUT2D eigenvalue weighted by Gasteiger charge is 2.30. The third kappa shape index (κ3) is 4.99. The molecule has 1 amide bonds. The lowest BCUT2D eigenvalue weighted by molar-refractivity contribution is -0.120. The van der Waals surface area contributed by atoms with Crippen molar-refractivity contribution in [1.29, 1.82) is 5.26 Å². The minimum absolute atomic E-state index is 0.0177. The van der Waals surface area contributed by atoms with Crippen LogP contribution in [0.5, 0.6) is 0 Å². The largest absolute Gasteiger partial charge is 0.343 e. The average molecular weight is 373 g/mol. The van der Waals surface area contributed by atoms with Gasteiger partial charge in [-0.1, -0.05) is 55.9 Å². The highest BCUT2D eigenvalue weighted by atomic mass is 32.2. The number of thioether (sulfide) groups is 1. The summed E-state index contributed by atoms with van der Waals surface area (Å²) in [6.07, 6.45) is 0.694. The molecule has 2 rings (SSSR count). The van der Waals surface area contributed by atoms with E-state index in [-0.39, 0.29) is 23.3 Å². The molecule has 2 N–H and O–H groups in total. The van der Waals surface area contributed by atoms with Gasteiger partial charge in [0, 0.05) is 6.54 Å². The van der Waals surface area contributed by atoms with Gasteiger partial charge in [0.2, 0.25) is 5.91 Å². The summed E-state index contributed by atoms with van der Waals surface area (Å²) < 4.78 is 1.52. The van der Waals surface area contributed by atoms with Gasteiger partial charge in [0.1, 0.15) is 5.54 Å². The predicted octanol–water partition coefficient (Wildman–Crippen LogP) is 1.96. The van der Waals surface area contributed by atoms with Gasteiger partial charge < -0.3 is 5.32 Å². The van der Waals surface area contributed by atoms with E-state index in [4.69, 9.17) is 0 Å². The lowest BCUT2D eigenvalue weighted by Crippen LogP contribution is -2.49. The summed E-state index contributed by atoms with van der Waals surface area (Å²) in [6, 6.07) is 12.0. The van der Waals surface area contributed by atoms with Crippen molar-refractivity contribution in [3.05, 3.63) is 46.4 Å². The van der Waals surface area contributed by atoms with Crippen molar-refractivity contribution in [3.63, 3.8) is 0 Å². The Morgan fingerprint density at radius 3 is 2.73 bits per heavy atom. The van der Waals surface area contributed by atoms with E-state index in [1.807, 2.05) is 44.2 Å². The quantitative estimate of drug-likeness (QED) is 0.689. The molecular formula is C18H23N5O2S.